The van der Waals surface area contributed by atoms with Gasteiger partial charge in [0.1, 0.15) is 17.6 Å². The largest absolute Gasteiger partial charge is 0.496 e. The zero-order valence-electron chi connectivity index (χ0n) is 16.9. The van der Waals surface area contributed by atoms with Crippen LogP contribution in [-0.4, -0.2) is 41.8 Å². The van der Waals surface area contributed by atoms with Crippen molar-refractivity contribution in [2.75, 3.05) is 24.9 Å². The number of fused-ring (bicyclic) bond motifs is 1. The number of anilines is 2. The molecular weight excluding hydrogens is 400 g/mol. The Morgan fingerprint density at radius 2 is 1.84 bits per heavy atom. The van der Waals surface area contributed by atoms with Gasteiger partial charge in [0.2, 0.25) is 11.8 Å². The first kappa shape index (κ1) is 20.1. The normalized spacial score (nSPS) is 14.9. The average molecular weight is 420 g/mol. The highest BCUT2D eigenvalue weighted by Crippen LogP contribution is 2.38. The number of ether oxygens (including phenoxy) is 2. The lowest BCUT2D eigenvalue weighted by Crippen LogP contribution is -2.35. The molecule has 2 amide bonds. The van der Waals surface area contributed by atoms with Crippen molar-refractivity contribution in [3.05, 3.63) is 60.3 Å². The highest BCUT2D eigenvalue weighted by atomic mass is 16.5. The lowest BCUT2D eigenvalue weighted by Gasteiger charge is -2.24. The third kappa shape index (κ3) is 3.85. The van der Waals surface area contributed by atoms with E-state index in [0.29, 0.717) is 28.4 Å². The van der Waals surface area contributed by atoms with Crippen molar-refractivity contribution in [3.8, 4) is 16.9 Å². The summed E-state index contributed by atoms with van der Waals surface area (Å²) in [7, 11) is 2.86. The van der Waals surface area contributed by atoms with E-state index in [4.69, 9.17) is 4.74 Å². The molecule has 9 nitrogen and oxygen atoms in total. The van der Waals surface area contributed by atoms with Crippen LogP contribution in [0.15, 0.2) is 54.7 Å². The summed E-state index contributed by atoms with van der Waals surface area (Å²) >= 11 is 0. The number of carbonyl (C=O) groups excluding carboxylic acids is 3. The molecule has 2 N–H and O–H groups in total. The molecular formula is C22H20N4O5. The number of aromatic nitrogens is 2. The van der Waals surface area contributed by atoms with E-state index < -0.39 is 17.9 Å². The molecule has 0 bridgehead atoms. The zero-order chi connectivity index (χ0) is 22.0. The van der Waals surface area contributed by atoms with Gasteiger partial charge in [-0.2, -0.15) is 5.10 Å². The van der Waals surface area contributed by atoms with Gasteiger partial charge in [-0.15, -0.1) is 0 Å². The summed E-state index contributed by atoms with van der Waals surface area (Å²) in [6, 6.07) is 12.8. The van der Waals surface area contributed by atoms with Crippen molar-refractivity contribution in [1.82, 2.24) is 9.78 Å². The summed E-state index contributed by atoms with van der Waals surface area (Å²) in [5.41, 5.74) is 2.27. The van der Waals surface area contributed by atoms with Gasteiger partial charge in [-0.3, -0.25) is 9.59 Å². The first-order valence-corrected chi connectivity index (χ1v) is 9.51. The second-order valence-electron chi connectivity index (χ2n) is 6.88. The molecule has 1 aliphatic heterocycles. The number of esters is 1. The minimum atomic E-state index is -0.826. The molecule has 0 aliphatic carbocycles. The maximum Gasteiger partial charge on any atom is 0.337 e. The fourth-order valence-electron chi connectivity index (χ4n) is 3.47. The fraction of sp³-hybridized carbons (Fsp3) is 0.182. The van der Waals surface area contributed by atoms with Gasteiger partial charge in [0.15, 0.2) is 0 Å². The third-order valence-corrected chi connectivity index (χ3v) is 5.00. The van der Waals surface area contributed by atoms with E-state index in [9.17, 15) is 14.4 Å². The molecule has 3 aromatic rings. The van der Waals surface area contributed by atoms with Gasteiger partial charge in [-0.05, 0) is 30.3 Å². The number of hydrogen-bond acceptors (Lipinski definition) is 6. The maximum absolute atomic E-state index is 13.0. The molecule has 9 heteroatoms. The van der Waals surface area contributed by atoms with Gasteiger partial charge in [-0.25, -0.2) is 9.48 Å². The summed E-state index contributed by atoms with van der Waals surface area (Å²) in [6.07, 6.45) is 1.55. The number of amides is 2. The second-order valence-corrected chi connectivity index (χ2v) is 6.88. The van der Waals surface area contributed by atoms with Crippen LogP contribution in [0.4, 0.5) is 11.5 Å². The minimum absolute atomic E-state index is 0.0495. The molecule has 0 saturated carbocycles. The Kier molecular flexibility index (Phi) is 5.40. The summed E-state index contributed by atoms with van der Waals surface area (Å²) in [5, 5.41) is 9.94. The van der Waals surface area contributed by atoms with Crippen molar-refractivity contribution in [1.29, 1.82) is 0 Å². The zero-order valence-corrected chi connectivity index (χ0v) is 16.9. The van der Waals surface area contributed by atoms with Crippen molar-refractivity contribution in [2.24, 2.45) is 0 Å². The lowest BCUT2D eigenvalue weighted by molar-refractivity contribution is -0.125. The number of para-hydroxylation sites is 1. The topological polar surface area (TPSA) is 112 Å². The molecule has 1 aromatic heterocycles. The van der Waals surface area contributed by atoms with Gasteiger partial charge in [0.25, 0.3) is 0 Å². The first-order chi connectivity index (χ1) is 15.0. The van der Waals surface area contributed by atoms with Crippen LogP contribution in [0, 0.1) is 0 Å². The van der Waals surface area contributed by atoms with Crippen molar-refractivity contribution in [3.63, 3.8) is 0 Å². The number of nitrogens with zero attached hydrogens (tertiary/aromatic N) is 2. The number of methoxy groups -OCH3 is 2. The molecule has 0 spiro atoms. The average Bonchev–Trinajstić information content (AvgIpc) is 3.21. The Morgan fingerprint density at radius 3 is 2.55 bits per heavy atom. The monoisotopic (exact) mass is 420 g/mol. The van der Waals surface area contributed by atoms with E-state index in [2.05, 4.69) is 20.5 Å². The fourth-order valence-corrected chi connectivity index (χ4v) is 3.47. The highest BCUT2D eigenvalue weighted by molar-refractivity contribution is 6.03. The van der Waals surface area contributed by atoms with Crippen LogP contribution < -0.4 is 15.4 Å². The molecule has 1 aliphatic rings. The summed E-state index contributed by atoms with van der Waals surface area (Å²) in [6.45, 7) is 0. The van der Waals surface area contributed by atoms with E-state index in [-0.39, 0.29) is 12.3 Å². The molecule has 0 fully saturated rings. The van der Waals surface area contributed by atoms with Crippen LogP contribution in [-0.2, 0) is 14.3 Å². The molecule has 2 heterocycles. The molecule has 0 saturated heterocycles. The first-order valence-electron chi connectivity index (χ1n) is 9.51. The third-order valence-electron chi connectivity index (χ3n) is 5.00. The minimum Gasteiger partial charge on any atom is -0.496 e. The lowest BCUT2D eigenvalue weighted by atomic mass is 10.1. The van der Waals surface area contributed by atoms with Gasteiger partial charge in [0, 0.05) is 16.8 Å². The highest BCUT2D eigenvalue weighted by Gasteiger charge is 2.33. The Balaban J connectivity index is 1.61. The SMILES string of the molecule is COC(=O)c1ccc(NC(=O)C2CC(=O)Nc3c(-c4ccccc4OC)cnn32)cc1. The molecule has 0 radical (unpaired) electrons. The summed E-state index contributed by atoms with van der Waals surface area (Å²) < 4.78 is 11.6. The molecule has 4 rings (SSSR count). The van der Waals surface area contributed by atoms with Gasteiger partial charge < -0.3 is 20.1 Å². The number of hydrogen-bond donors (Lipinski definition) is 2. The molecule has 158 valence electrons. The number of carbonyl (C=O) groups is 3. The predicted molar refractivity (Wildman–Crippen MR) is 113 cm³/mol. The van der Waals surface area contributed by atoms with E-state index in [0.717, 1.165) is 5.56 Å². The Bertz CT molecular complexity index is 1150. The predicted octanol–water partition coefficient (Wildman–Crippen LogP) is 2.87. The maximum atomic E-state index is 13.0. The van der Waals surface area contributed by atoms with Crippen LogP contribution in [0.3, 0.4) is 0 Å². The van der Waals surface area contributed by atoms with Crippen LogP contribution in [0.5, 0.6) is 5.75 Å². The molecule has 1 atom stereocenters. The molecule has 2 aromatic carbocycles. The van der Waals surface area contributed by atoms with Crippen LogP contribution >= 0.6 is 0 Å². The van der Waals surface area contributed by atoms with Crippen LogP contribution in [0.1, 0.15) is 22.8 Å². The number of rotatable bonds is 5. The quantitative estimate of drug-likeness (QED) is 0.614. The molecule has 31 heavy (non-hydrogen) atoms. The van der Waals surface area contributed by atoms with E-state index in [1.807, 2.05) is 24.3 Å². The van der Waals surface area contributed by atoms with Gasteiger partial charge >= 0.3 is 5.97 Å². The van der Waals surface area contributed by atoms with Crippen LogP contribution in [0.2, 0.25) is 0 Å². The van der Waals surface area contributed by atoms with Crippen LogP contribution in [0.25, 0.3) is 11.1 Å². The standard InChI is InChI=1S/C22H20N4O5/c1-30-18-6-4-3-5-15(18)16-12-23-26-17(11-19(27)25-20(16)26)21(28)24-14-9-7-13(8-10-14)22(29)31-2/h3-10,12,17H,11H2,1-2H3,(H,24,28)(H,25,27). The number of benzene rings is 2. The Labute approximate surface area is 178 Å². The summed E-state index contributed by atoms with van der Waals surface area (Å²) in [5.74, 6) is -0.0828. The summed E-state index contributed by atoms with van der Waals surface area (Å²) in [4.78, 5) is 36.9. The van der Waals surface area contributed by atoms with E-state index in [1.165, 1.54) is 11.8 Å². The van der Waals surface area contributed by atoms with E-state index in [1.54, 1.807) is 37.6 Å². The second kappa shape index (κ2) is 8.31. The molecule has 1 unspecified atom stereocenters. The van der Waals surface area contributed by atoms with Crippen molar-refractivity contribution < 1.29 is 23.9 Å². The van der Waals surface area contributed by atoms with Crippen molar-refractivity contribution in [2.45, 2.75) is 12.5 Å². The van der Waals surface area contributed by atoms with Gasteiger partial charge in [-0.1, -0.05) is 18.2 Å². The van der Waals surface area contributed by atoms with Crippen molar-refractivity contribution >= 4 is 29.3 Å². The Morgan fingerprint density at radius 1 is 1.10 bits per heavy atom. The van der Waals surface area contributed by atoms with E-state index >= 15 is 0 Å². The number of nitrogens with one attached hydrogen (secondary N) is 2. The van der Waals surface area contributed by atoms with Gasteiger partial charge in [0.05, 0.1) is 32.4 Å². The Hall–Kier alpha value is -4.14. The smallest absolute Gasteiger partial charge is 0.337 e.